The Bertz CT molecular complexity index is 536. The summed E-state index contributed by atoms with van der Waals surface area (Å²) >= 11 is 0. The van der Waals surface area contributed by atoms with Gasteiger partial charge in [0.25, 0.3) is 0 Å². The fourth-order valence-corrected chi connectivity index (χ4v) is 7.49. The minimum atomic E-state index is -0.886. The first-order valence-electron chi connectivity index (χ1n) is 9.72. The van der Waals surface area contributed by atoms with Crippen LogP contribution in [0.3, 0.4) is 0 Å². The number of terminal acetylenes is 1. The average molecular weight is 316 g/mol. The van der Waals surface area contributed by atoms with E-state index < -0.39 is 5.60 Å². The van der Waals surface area contributed by atoms with Crippen molar-refractivity contribution in [3.8, 4) is 12.3 Å². The molecule has 0 aliphatic heterocycles. The van der Waals surface area contributed by atoms with Gasteiger partial charge in [0.1, 0.15) is 5.60 Å². The number of rotatable bonds is 0. The van der Waals surface area contributed by atoms with Crippen LogP contribution < -0.4 is 0 Å². The zero-order chi connectivity index (χ0) is 16.5. The maximum absolute atomic E-state index is 11.0. The molecule has 4 rings (SSSR count). The summed E-state index contributed by atoms with van der Waals surface area (Å²) in [4.78, 5) is 0. The summed E-state index contributed by atoms with van der Waals surface area (Å²) in [5.41, 5.74) is -0.566. The summed E-state index contributed by atoms with van der Waals surface area (Å²) in [6.45, 7) is 4.77. The van der Waals surface area contributed by atoms with Crippen molar-refractivity contribution in [2.45, 2.75) is 83.3 Å². The van der Waals surface area contributed by atoms with Crippen molar-refractivity contribution in [2.24, 2.45) is 34.5 Å². The van der Waals surface area contributed by atoms with E-state index in [9.17, 15) is 10.2 Å². The molecule has 0 spiro atoms. The molecular weight excluding hydrogens is 284 g/mol. The zero-order valence-electron chi connectivity index (χ0n) is 14.7. The Labute approximate surface area is 141 Å². The normalized spacial score (nSPS) is 58.7. The standard InChI is InChI=1S/C21H32O2/c1-4-21(23)12-9-18-16-6-5-14-13-15(22)7-10-19(14,2)17(16)8-11-20(18,21)3/h1,14-18,22-23H,5-13H2,2-3H3/t14-,15-,16-,17+,18+,19-,20-,21-/m0/s1. The molecule has 0 heterocycles. The molecule has 2 nitrogen and oxygen atoms in total. The van der Waals surface area contributed by atoms with Crippen molar-refractivity contribution in [3.05, 3.63) is 0 Å². The van der Waals surface area contributed by atoms with Gasteiger partial charge in [-0.15, -0.1) is 6.42 Å². The Balaban J connectivity index is 1.65. The Hall–Kier alpha value is -0.520. The Morgan fingerprint density at radius 1 is 0.957 bits per heavy atom. The zero-order valence-corrected chi connectivity index (χ0v) is 14.7. The highest BCUT2D eigenvalue weighted by Crippen LogP contribution is 2.68. The summed E-state index contributed by atoms with van der Waals surface area (Å²) < 4.78 is 0. The third-order valence-electron chi connectivity index (χ3n) is 9.03. The summed E-state index contributed by atoms with van der Waals surface area (Å²) in [5.74, 6) is 5.56. The summed E-state index contributed by atoms with van der Waals surface area (Å²) in [6, 6.07) is 0. The van der Waals surface area contributed by atoms with Crippen molar-refractivity contribution in [1.82, 2.24) is 0 Å². The highest BCUT2D eigenvalue weighted by molar-refractivity contribution is 5.23. The first-order chi connectivity index (χ1) is 10.8. The minimum Gasteiger partial charge on any atom is -0.393 e. The van der Waals surface area contributed by atoms with Crippen LogP contribution in [-0.2, 0) is 0 Å². The molecule has 128 valence electrons. The number of hydrogen-bond acceptors (Lipinski definition) is 2. The number of aliphatic hydroxyl groups excluding tert-OH is 1. The fraction of sp³-hybridized carbons (Fsp3) is 0.905. The molecule has 0 bridgehead atoms. The lowest BCUT2D eigenvalue weighted by Gasteiger charge is -2.61. The molecule has 2 heteroatoms. The van der Waals surface area contributed by atoms with Crippen LogP contribution in [0.5, 0.6) is 0 Å². The van der Waals surface area contributed by atoms with Crippen LogP contribution in [0.2, 0.25) is 0 Å². The van der Waals surface area contributed by atoms with Gasteiger partial charge in [0.15, 0.2) is 0 Å². The Morgan fingerprint density at radius 2 is 1.70 bits per heavy atom. The van der Waals surface area contributed by atoms with E-state index in [1.54, 1.807) is 0 Å². The van der Waals surface area contributed by atoms with Gasteiger partial charge in [0.2, 0.25) is 0 Å². The molecule has 0 unspecified atom stereocenters. The van der Waals surface area contributed by atoms with Crippen LogP contribution in [0.25, 0.3) is 0 Å². The van der Waals surface area contributed by atoms with Gasteiger partial charge < -0.3 is 10.2 Å². The third-order valence-corrected chi connectivity index (χ3v) is 9.03. The Morgan fingerprint density at radius 3 is 2.43 bits per heavy atom. The van der Waals surface area contributed by atoms with Gasteiger partial charge >= 0.3 is 0 Å². The van der Waals surface area contributed by atoms with E-state index >= 15 is 0 Å². The molecular formula is C21H32O2. The summed E-state index contributed by atoms with van der Waals surface area (Å²) in [6.07, 6.45) is 15.6. The largest absolute Gasteiger partial charge is 0.393 e. The SMILES string of the molecule is C#C[C@]1(O)CC[C@@H]2[C@H]3CC[C@H]4C[C@@H](O)CC[C@]4(C)[C@@H]3CC[C@@]21C. The van der Waals surface area contributed by atoms with E-state index in [0.29, 0.717) is 17.3 Å². The van der Waals surface area contributed by atoms with Gasteiger partial charge in [0, 0.05) is 5.41 Å². The van der Waals surface area contributed by atoms with Crippen molar-refractivity contribution >= 4 is 0 Å². The molecule has 0 radical (unpaired) electrons. The predicted octanol–water partition coefficient (Wildman–Crippen LogP) is 3.75. The molecule has 8 atom stereocenters. The van der Waals surface area contributed by atoms with Gasteiger partial charge in [0.05, 0.1) is 6.10 Å². The number of aliphatic hydroxyl groups is 2. The number of fused-ring (bicyclic) bond motifs is 5. The monoisotopic (exact) mass is 316 g/mol. The molecule has 23 heavy (non-hydrogen) atoms. The molecule has 0 aromatic rings. The molecule has 4 fully saturated rings. The first kappa shape index (κ1) is 16.0. The van der Waals surface area contributed by atoms with Gasteiger partial charge in [-0.25, -0.2) is 0 Å². The third kappa shape index (κ3) is 1.96. The van der Waals surface area contributed by atoms with Crippen molar-refractivity contribution < 1.29 is 10.2 Å². The minimum absolute atomic E-state index is 0.0727. The summed E-state index contributed by atoms with van der Waals surface area (Å²) in [5, 5.41) is 21.1. The van der Waals surface area contributed by atoms with E-state index in [1.165, 1.54) is 25.7 Å². The maximum atomic E-state index is 11.0. The van der Waals surface area contributed by atoms with Crippen molar-refractivity contribution in [3.63, 3.8) is 0 Å². The lowest BCUT2D eigenvalue weighted by Crippen LogP contribution is -2.56. The van der Waals surface area contributed by atoms with Gasteiger partial charge in [-0.05, 0) is 86.9 Å². The average Bonchev–Trinajstić information content (AvgIpc) is 2.80. The fourth-order valence-electron chi connectivity index (χ4n) is 7.49. The molecule has 0 aromatic carbocycles. The Kier molecular flexibility index (Phi) is 3.47. The van der Waals surface area contributed by atoms with E-state index in [-0.39, 0.29) is 11.5 Å². The van der Waals surface area contributed by atoms with Crippen LogP contribution in [-0.4, -0.2) is 21.9 Å². The van der Waals surface area contributed by atoms with Gasteiger partial charge in [-0.3, -0.25) is 0 Å². The van der Waals surface area contributed by atoms with Crippen molar-refractivity contribution in [2.75, 3.05) is 0 Å². The van der Waals surface area contributed by atoms with E-state index in [0.717, 1.165) is 43.9 Å². The van der Waals surface area contributed by atoms with Crippen LogP contribution in [0, 0.1) is 46.8 Å². The molecule has 0 amide bonds. The molecule has 2 N–H and O–H groups in total. The molecule has 4 aliphatic carbocycles. The van der Waals surface area contributed by atoms with Crippen LogP contribution >= 0.6 is 0 Å². The van der Waals surface area contributed by atoms with Crippen LogP contribution in [0.1, 0.15) is 71.6 Å². The quantitative estimate of drug-likeness (QED) is 0.668. The second-order valence-electron chi connectivity index (χ2n) is 9.58. The van der Waals surface area contributed by atoms with Gasteiger partial charge in [-0.1, -0.05) is 19.8 Å². The molecule has 0 aromatic heterocycles. The van der Waals surface area contributed by atoms with Crippen LogP contribution in [0.4, 0.5) is 0 Å². The second-order valence-corrected chi connectivity index (χ2v) is 9.58. The van der Waals surface area contributed by atoms with Crippen molar-refractivity contribution in [1.29, 1.82) is 0 Å². The highest BCUT2D eigenvalue weighted by atomic mass is 16.3. The van der Waals surface area contributed by atoms with E-state index in [2.05, 4.69) is 19.8 Å². The highest BCUT2D eigenvalue weighted by Gasteiger charge is 2.64. The first-order valence-corrected chi connectivity index (χ1v) is 9.72. The number of hydrogen-bond donors (Lipinski definition) is 2. The van der Waals surface area contributed by atoms with E-state index in [4.69, 9.17) is 6.42 Å². The van der Waals surface area contributed by atoms with Gasteiger partial charge in [-0.2, -0.15) is 0 Å². The lowest BCUT2D eigenvalue weighted by atomic mass is 9.44. The maximum Gasteiger partial charge on any atom is 0.130 e. The smallest absolute Gasteiger partial charge is 0.130 e. The molecule has 4 aliphatic rings. The second kappa shape index (κ2) is 4.99. The lowest BCUT2D eigenvalue weighted by molar-refractivity contribution is -0.144. The topological polar surface area (TPSA) is 40.5 Å². The molecule has 4 saturated carbocycles. The predicted molar refractivity (Wildman–Crippen MR) is 91.5 cm³/mol. The molecule has 0 saturated heterocycles. The van der Waals surface area contributed by atoms with E-state index in [1.807, 2.05) is 0 Å². The summed E-state index contributed by atoms with van der Waals surface area (Å²) in [7, 11) is 0. The van der Waals surface area contributed by atoms with Crippen LogP contribution in [0.15, 0.2) is 0 Å².